The summed E-state index contributed by atoms with van der Waals surface area (Å²) in [6.45, 7) is 2.53. The Morgan fingerprint density at radius 2 is 1.87 bits per heavy atom. The number of hydrogen-bond donors (Lipinski definition) is 2. The molecule has 1 amide bonds. The maximum atomic E-state index is 12.4. The first-order valence-electron chi connectivity index (χ1n) is 9.56. The van der Waals surface area contributed by atoms with Crippen molar-refractivity contribution >= 4 is 43.0 Å². The fourth-order valence-corrected chi connectivity index (χ4v) is 6.11. The van der Waals surface area contributed by atoms with Crippen molar-refractivity contribution in [3.63, 3.8) is 0 Å². The molecule has 0 aliphatic heterocycles. The lowest BCUT2D eigenvalue weighted by Crippen LogP contribution is -2.28. The zero-order chi connectivity index (χ0) is 22.2. The number of rotatable bonds is 12. The van der Waals surface area contributed by atoms with Gasteiger partial charge in [0.15, 0.2) is 0 Å². The highest BCUT2D eigenvalue weighted by molar-refractivity contribution is 7.91. The molecule has 0 aliphatic carbocycles. The summed E-state index contributed by atoms with van der Waals surface area (Å²) in [5.74, 6) is -0.314. The minimum absolute atomic E-state index is 0.0816. The second kappa shape index (κ2) is 11.0. The average molecular weight is 474 g/mol. The highest BCUT2D eigenvalue weighted by Gasteiger charge is 2.21. The van der Waals surface area contributed by atoms with Crippen LogP contribution in [0.15, 0.2) is 50.9 Å². The molecule has 1 aromatic heterocycles. The van der Waals surface area contributed by atoms with Crippen molar-refractivity contribution < 1.29 is 21.6 Å². The first-order chi connectivity index (χ1) is 14.2. The van der Waals surface area contributed by atoms with Crippen molar-refractivity contribution in [2.75, 3.05) is 25.5 Å². The molecule has 0 saturated heterocycles. The predicted molar refractivity (Wildman–Crippen MR) is 119 cm³/mol. The lowest BCUT2D eigenvalue weighted by Gasteiger charge is -2.15. The van der Waals surface area contributed by atoms with Crippen LogP contribution in [0.25, 0.3) is 0 Å². The molecule has 2 aromatic rings. The number of unbranched alkanes of at least 4 members (excludes halogenated alkanes) is 1. The van der Waals surface area contributed by atoms with Crippen LogP contribution in [-0.4, -0.2) is 47.2 Å². The Labute approximate surface area is 182 Å². The molecule has 1 heterocycles. The molecule has 2 rings (SSSR count). The van der Waals surface area contributed by atoms with E-state index in [-0.39, 0.29) is 28.0 Å². The van der Waals surface area contributed by atoms with Gasteiger partial charge in [-0.1, -0.05) is 25.5 Å². The Morgan fingerprint density at radius 3 is 2.53 bits per heavy atom. The highest BCUT2D eigenvalue weighted by atomic mass is 32.2. The van der Waals surface area contributed by atoms with Gasteiger partial charge < -0.3 is 5.32 Å². The molecule has 0 bridgehead atoms. The fourth-order valence-electron chi connectivity index (χ4n) is 2.58. The second-order valence-corrected chi connectivity index (χ2v) is 11.7. The Bertz CT molecular complexity index is 1040. The predicted octanol–water partition coefficient (Wildman–Crippen LogP) is 2.87. The lowest BCUT2D eigenvalue weighted by atomic mass is 10.2. The van der Waals surface area contributed by atoms with Crippen molar-refractivity contribution in [1.29, 1.82) is 0 Å². The van der Waals surface area contributed by atoms with Crippen LogP contribution in [0.4, 0.5) is 5.69 Å². The largest absolute Gasteiger partial charge is 0.326 e. The van der Waals surface area contributed by atoms with Gasteiger partial charge in [-0.2, -0.15) is 0 Å². The number of anilines is 1. The van der Waals surface area contributed by atoms with E-state index in [4.69, 9.17) is 0 Å². The molecular formula is C19H27N3O5S3. The molecule has 0 fully saturated rings. The standard InChI is InChI=1S/C19H27N3O5S3/c1-3-4-12-20-29(24,25)17-9-5-8-16(15-17)21-18(23)10-6-13-22(2)30(26,27)19-11-7-14-28-19/h5,7-9,11,14-15,20H,3-4,6,10,12-13H2,1-2H3,(H,21,23). The number of carbonyl (C=O) groups excluding carboxylic acids is 1. The summed E-state index contributed by atoms with van der Waals surface area (Å²) in [7, 11) is -5.69. The quantitative estimate of drug-likeness (QED) is 0.460. The van der Waals surface area contributed by atoms with Gasteiger partial charge >= 0.3 is 0 Å². The van der Waals surface area contributed by atoms with Crippen molar-refractivity contribution in [2.45, 2.75) is 41.7 Å². The third kappa shape index (κ3) is 6.88. The normalized spacial score (nSPS) is 12.2. The van der Waals surface area contributed by atoms with E-state index in [1.807, 2.05) is 6.92 Å². The maximum absolute atomic E-state index is 12.4. The number of sulfonamides is 2. The topological polar surface area (TPSA) is 113 Å². The molecule has 2 N–H and O–H groups in total. The van der Waals surface area contributed by atoms with Crippen LogP contribution in [0, 0.1) is 0 Å². The van der Waals surface area contributed by atoms with Gasteiger partial charge in [0.1, 0.15) is 4.21 Å². The minimum atomic E-state index is -3.63. The third-order valence-electron chi connectivity index (χ3n) is 4.29. The van der Waals surface area contributed by atoms with Gasteiger partial charge in [-0.05, 0) is 42.5 Å². The summed E-state index contributed by atoms with van der Waals surface area (Å²) in [4.78, 5) is 12.3. The molecular weight excluding hydrogens is 446 g/mol. The maximum Gasteiger partial charge on any atom is 0.252 e. The highest BCUT2D eigenvalue weighted by Crippen LogP contribution is 2.20. The van der Waals surface area contributed by atoms with E-state index in [2.05, 4.69) is 10.0 Å². The molecule has 0 unspecified atom stereocenters. The van der Waals surface area contributed by atoms with Crippen molar-refractivity contribution in [1.82, 2.24) is 9.03 Å². The molecule has 0 spiro atoms. The molecule has 8 nitrogen and oxygen atoms in total. The molecule has 0 saturated carbocycles. The van der Waals surface area contributed by atoms with E-state index in [1.54, 1.807) is 29.6 Å². The number of carbonyl (C=O) groups is 1. The van der Waals surface area contributed by atoms with Gasteiger partial charge in [0.2, 0.25) is 15.9 Å². The summed E-state index contributed by atoms with van der Waals surface area (Å²) in [6, 6.07) is 9.25. The van der Waals surface area contributed by atoms with Crippen LogP contribution in [-0.2, 0) is 24.8 Å². The van der Waals surface area contributed by atoms with Crippen LogP contribution >= 0.6 is 11.3 Å². The number of nitrogens with one attached hydrogen (secondary N) is 2. The second-order valence-electron chi connectivity index (χ2n) is 6.69. The van der Waals surface area contributed by atoms with E-state index in [1.165, 1.54) is 23.5 Å². The Morgan fingerprint density at radius 1 is 1.10 bits per heavy atom. The van der Waals surface area contributed by atoms with Gasteiger partial charge in [-0.25, -0.2) is 25.9 Å². The zero-order valence-corrected chi connectivity index (χ0v) is 19.4. The zero-order valence-electron chi connectivity index (χ0n) is 17.0. The average Bonchev–Trinajstić information content (AvgIpc) is 3.24. The van der Waals surface area contributed by atoms with E-state index >= 15 is 0 Å². The van der Waals surface area contributed by atoms with Crippen LogP contribution in [0.1, 0.15) is 32.6 Å². The summed E-state index contributed by atoms with van der Waals surface area (Å²) in [5.41, 5.74) is 0.373. The Hall–Kier alpha value is -1.79. The molecule has 166 valence electrons. The third-order valence-corrected chi connectivity index (χ3v) is 8.98. The molecule has 0 atom stereocenters. The number of amides is 1. The van der Waals surface area contributed by atoms with Crippen LogP contribution < -0.4 is 10.0 Å². The summed E-state index contributed by atoms with van der Waals surface area (Å²) >= 11 is 1.15. The van der Waals surface area contributed by atoms with Crippen LogP contribution in [0.3, 0.4) is 0 Å². The summed E-state index contributed by atoms with van der Waals surface area (Å²) in [6.07, 6.45) is 2.06. The van der Waals surface area contributed by atoms with E-state index in [0.29, 0.717) is 18.7 Å². The summed E-state index contributed by atoms with van der Waals surface area (Å²) in [5, 5.41) is 4.36. The SMILES string of the molecule is CCCCNS(=O)(=O)c1cccc(NC(=O)CCCN(C)S(=O)(=O)c2cccs2)c1. The van der Waals surface area contributed by atoms with E-state index in [9.17, 15) is 21.6 Å². The Balaban J connectivity index is 1.88. The van der Waals surface area contributed by atoms with E-state index in [0.717, 1.165) is 24.2 Å². The summed E-state index contributed by atoms with van der Waals surface area (Å²) < 4.78 is 53.3. The van der Waals surface area contributed by atoms with Crippen molar-refractivity contribution in [3.05, 3.63) is 41.8 Å². The number of hydrogen-bond acceptors (Lipinski definition) is 6. The van der Waals surface area contributed by atoms with Crippen LogP contribution in [0.2, 0.25) is 0 Å². The number of thiophene rings is 1. The van der Waals surface area contributed by atoms with Gasteiger partial charge in [-0.15, -0.1) is 11.3 Å². The fraction of sp³-hybridized carbons (Fsp3) is 0.421. The first kappa shape index (κ1) is 24.5. The smallest absolute Gasteiger partial charge is 0.252 e. The number of benzene rings is 1. The molecule has 0 aliphatic rings. The molecule has 0 radical (unpaired) electrons. The first-order valence-corrected chi connectivity index (χ1v) is 13.4. The van der Waals surface area contributed by atoms with Crippen molar-refractivity contribution in [3.8, 4) is 0 Å². The monoisotopic (exact) mass is 473 g/mol. The molecule has 30 heavy (non-hydrogen) atoms. The molecule has 1 aromatic carbocycles. The van der Waals surface area contributed by atoms with Gasteiger partial charge in [0.05, 0.1) is 4.90 Å². The van der Waals surface area contributed by atoms with Crippen LogP contribution in [0.5, 0.6) is 0 Å². The van der Waals surface area contributed by atoms with Gasteiger partial charge in [0.25, 0.3) is 10.0 Å². The minimum Gasteiger partial charge on any atom is -0.326 e. The lowest BCUT2D eigenvalue weighted by molar-refractivity contribution is -0.116. The van der Waals surface area contributed by atoms with Crippen molar-refractivity contribution in [2.24, 2.45) is 0 Å². The van der Waals surface area contributed by atoms with E-state index < -0.39 is 20.0 Å². The van der Waals surface area contributed by atoms with Gasteiger partial charge in [-0.3, -0.25) is 4.79 Å². The Kier molecular flexibility index (Phi) is 8.98. The molecule has 11 heteroatoms. The van der Waals surface area contributed by atoms with Gasteiger partial charge in [0, 0.05) is 32.2 Å². The number of nitrogens with zero attached hydrogens (tertiary/aromatic N) is 1.